The second-order valence-electron chi connectivity index (χ2n) is 4.67. The molecule has 4 nitrogen and oxygen atoms in total. The van der Waals surface area contributed by atoms with Crippen LogP contribution in [0.2, 0.25) is 0 Å². The molecular formula is C14H19FN2O2S. The Hall–Kier alpha value is -1.24. The van der Waals surface area contributed by atoms with Gasteiger partial charge in [0.1, 0.15) is 29.3 Å². The fourth-order valence-electron chi connectivity index (χ4n) is 2.21. The molecule has 0 radical (unpaired) electrons. The largest absolute Gasteiger partial charge is 0.490 e. The standard InChI is InChI=1S/C14H19FN2O2S/c1-2-17-6-7-18-10(8-17)9-19-12-5-3-4-11(15)13(12)14(16)20/h3-5,10H,2,6-9H2,1H3,(H2,16,20). The molecule has 0 saturated carbocycles. The van der Waals surface area contributed by atoms with Crippen molar-refractivity contribution in [1.29, 1.82) is 0 Å². The summed E-state index contributed by atoms with van der Waals surface area (Å²) in [5.74, 6) is -0.0931. The summed E-state index contributed by atoms with van der Waals surface area (Å²) in [6, 6.07) is 4.56. The molecule has 0 aromatic heterocycles. The van der Waals surface area contributed by atoms with Crippen molar-refractivity contribution >= 4 is 17.2 Å². The topological polar surface area (TPSA) is 47.7 Å². The van der Waals surface area contributed by atoms with Crippen molar-refractivity contribution in [3.05, 3.63) is 29.6 Å². The molecule has 110 valence electrons. The van der Waals surface area contributed by atoms with E-state index in [-0.39, 0.29) is 16.7 Å². The minimum absolute atomic E-state index is 0.00199. The summed E-state index contributed by atoms with van der Waals surface area (Å²) < 4.78 is 25.0. The fraction of sp³-hybridized carbons (Fsp3) is 0.500. The van der Waals surface area contributed by atoms with Crippen molar-refractivity contribution in [3.8, 4) is 5.75 Å². The smallest absolute Gasteiger partial charge is 0.137 e. The highest BCUT2D eigenvalue weighted by Gasteiger charge is 2.21. The van der Waals surface area contributed by atoms with Gasteiger partial charge in [-0.2, -0.15) is 0 Å². The number of hydrogen-bond donors (Lipinski definition) is 1. The molecule has 1 aliphatic heterocycles. The molecule has 0 amide bonds. The fourth-order valence-corrected chi connectivity index (χ4v) is 2.41. The van der Waals surface area contributed by atoms with Crippen LogP contribution in [0.25, 0.3) is 0 Å². The summed E-state index contributed by atoms with van der Waals surface area (Å²) in [6.07, 6.45) is -0.0221. The van der Waals surface area contributed by atoms with E-state index in [1.54, 1.807) is 12.1 Å². The molecule has 0 bridgehead atoms. The molecule has 0 aliphatic carbocycles. The Morgan fingerprint density at radius 1 is 1.60 bits per heavy atom. The molecule has 1 saturated heterocycles. The van der Waals surface area contributed by atoms with Crippen LogP contribution >= 0.6 is 12.2 Å². The van der Waals surface area contributed by atoms with Crippen LogP contribution in [0.1, 0.15) is 12.5 Å². The molecule has 1 aromatic rings. The van der Waals surface area contributed by atoms with E-state index >= 15 is 0 Å². The number of likely N-dealkylation sites (N-methyl/N-ethyl adjacent to an activating group) is 1. The minimum atomic E-state index is -0.463. The SMILES string of the molecule is CCN1CCOC(COc2cccc(F)c2C(N)=S)C1. The summed E-state index contributed by atoms with van der Waals surface area (Å²) in [4.78, 5) is 2.29. The van der Waals surface area contributed by atoms with Crippen LogP contribution in [0.4, 0.5) is 4.39 Å². The number of benzene rings is 1. The molecule has 2 N–H and O–H groups in total. The first-order valence-electron chi connectivity index (χ1n) is 6.67. The molecule has 1 aliphatic rings. The molecule has 6 heteroatoms. The van der Waals surface area contributed by atoms with Gasteiger partial charge >= 0.3 is 0 Å². The van der Waals surface area contributed by atoms with E-state index in [9.17, 15) is 4.39 Å². The van der Waals surface area contributed by atoms with Gasteiger partial charge in [-0.15, -0.1) is 0 Å². The number of nitrogens with two attached hydrogens (primary N) is 1. The minimum Gasteiger partial charge on any atom is -0.490 e. The zero-order chi connectivity index (χ0) is 14.5. The number of thiocarbonyl (C=S) groups is 1. The van der Waals surface area contributed by atoms with Gasteiger partial charge in [0.05, 0.1) is 12.2 Å². The molecule has 20 heavy (non-hydrogen) atoms. The van der Waals surface area contributed by atoms with Crippen LogP contribution in [-0.2, 0) is 4.74 Å². The average molecular weight is 298 g/mol. The molecule has 0 spiro atoms. The van der Waals surface area contributed by atoms with Crippen molar-refractivity contribution in [2.45, 2.75) is 13.0 Å². The van der Waals surface area contributed by atoms with Crippen LogP contribution in [0.15, 0.2) is 18.2 Å². The van der Waals surface area contributed by atoms with E-state index in [0.717, 1.165) is 19.6 Å². The first-order valence-corrected chi connectivity index (χ1v) is 7.07. The Morgan fingerprint density at radius 2 is 2.40 bits per heavy atom. The second-order valence-corrected chi connectivity index (χ2v) is 5.11. The number of hydrogen-bond acceptors (Lipinski definition) is 4. The first-order chi connectivity index (χ1) is 9.61. The van der Waals surface area contributed by atoms with Gasteiger partial charge in [0, 0.05) is 13.1 Å². The third-order valence-corrected chi connectivity index (χ3v) is 3.52. The maximum absolute atomic E-state index is 13.7. The van der Waals surface area contributed by atoms with Gasteiger partial charge < -0.3 is 15.2 Å². The lowest BCUT2D eigenvalue weighted by molar-refractivity contribution is -0.0464. The van der Waals surface area contributed by atoms with E-state index in [1.165, 1.54) is 6.07 Å². The van der Waals surface area contributed by atoms with Crippen molar-refractivity contribution in [1.82, 2.24) is 4.90 Å². The van der Waals surface area contributed by atoms with Gasteiger partial charge in [-0.25, -0.2) is 4.39 Å². The highest BCUT2D eigenvalue weighted by atomic mass is 32.1. The summed E-state index contributed by atoms with van der Waals surface area (Å²) in [5, 5.41) is 0. The molecular weight excluding hydrogens is 279 g/mol. The Bertz CT molecular complexity index is 484. The van der Waals surface area contributed by atoms with Gasteiger partial charge in [-0.1, -0.05) is 25.2 Å². The van der Waals surface area contributed by atoms with Gasteiger partial charge in [0.15, 0.2) is 0 Å². The van der Waals surface area contributed by atoms with E-state index < -0.39 is 5.82 Å². The van der Waals surface area contributed by atoms with Crippen molar-refractivity contribution in [2.75, 3.05) is 32.8 Å². The van der Waals surface area contributed by atoms with Crippen LogP contribution < -0.4 is 10.5 Å². The predicted molar refractivity (Wildman–Crippen MR) is 79.6 cm³/mol. The molecule has 2 rings (SSSR count). The van der Waals surface area contributed by atoms with E-state index in [4.69, 9.17) is 27.4 Å². The third-order valence-electron chi connectivity index (χ3n) is 3.32. The summed E-state index contributed by atoms with van der Waals surface area (Å²) in [6.45, 7) is 5.89. The van der Waals surface area contributed by atoms with Crippen molar-refractivity contribution in [3.63, 3.8) is 0 Å². The molecule has 1 atom stereocenters. The summed E-state index contributed by atoms with van der Waals surface area (Å²) in [5.41, 5.74) is 5.70. The normalized spacial score (nSPS) is 19.8. The highest BCUT2D eigenvalue weighted by Crippen LogP contribution is 2.22. The highest BCUT2D eigenvalue weighted by molar-refractivity contribution is 7.80. The monoisotopic (exact) mass is 298 g/mol. The molecule has 1 fully saturated rings. The average Bonchev–Trinajstić information content (AvgIpc) is 2.45. The van der Waals surface area contributed by atoms with Gasteiger partial charge in [0.25, 0.3) is 0 Å². The molecule has 1 heterocycles. The quantitative estimate of drug-likeness (QED) is 0.836. The number of halogens is 1. The van der Waals surface area contributed by atoms with E-state index in [1.807, 2.05) is 0 Å². The summed E-state index contributed by atoms with van der Waals surface area (Å²) >= 11 is 4.86. The maximum atomic E-state index is 13.7. The molecule has 1 unspecified atom stereocenters. The number of ether oxygens (including phenoxy) is 2. The Kier molecular flexibility index (Phi) is 5.28. The van der Waals surface area contributed by atoms with Crippen LogP contribution in [0, 0.1) is 5.82 Å². The third kappa shape index (κ3) is 3.65. The maximum Gasteiger partial charge on any atom is 0.137 e. The van der Waals surface area contributed by atoms with Crippen molar-refractivity contribution < 1.29 is 13.9 Å². The van der Waals surface area contributed by atoms with Gasteiger partial charge in [-0.05, 0) is 18.7 Å². The van der Waals surface area contributed by atoms with Gasteiger partial charge in [-0.3, -0.25) is 4.90 Å². The predicted octanol–water partition coefficient (Wildman–Crippen LogP) is 1.56. The van der Waals surface area contributed by atoms with Crippen molar-refractivity contribution in [2.24, 2.45) is 5.73 Å². The lowest BCUT2D eigenvalue weighted by Crippen LogP contribution is -2.44. The molecule has 1 aromatic carbocycles. The first kappa shape index (κ1) is 15.2. The Balaban J connectivity index is 2.00. The van der Waals surface area contributed by atoms with E-state index in [2.05, 4.69) is 11.8 Å². The van der Waals surface area contributed by atoms with Crippen LogP contribution in [0.3, 0.4) is 0 Å². The Morgan fingerprint density at radius 3 is 3.10 bits per heavy atom. The lowest BCUT2D eigenvalue weighted by Gasteiger charge is -2.32. The lowest BCUT2D eigenvalue weighted by atomic mass is 10.2. The number of nitrogens with zero attached hydrogens (tertiary/aromatic N) is 1. The Labute approximate surface area is 123 Å². The zero-order valence-corrected chi connectivity index (χ0v) is 12.3. The van der Waals surface area contributed by atoms with Crippen LogP contribution in [-0.4, -0.2) is 48.8 Å². The summed E-state index contributed by atoms with van der Waals surface area (Å²) in [7, 11) is 0. The zero-order valence-electron chi connectivity index (χ0n) is 11.5. The van der Waals surface area contributed by atoms with E-state index in [0.29, 0.717) is 19.0 Å². The number of rotatable bonds is 5. The van der Waals surface area contributed by atoms with Gasteiger partial charge in [0.2, 0.25) is 0 Å². The van der Waals surface area contributed by atoms with Crippen LogP contribution in [0.5, 0.6) is 5.75 Å². The number of morpholine rings is 1. The second kappa shape index (κ2) is 6.97.